The number of ether oxygens (including phenoxy) is 1. The maximum Gasteiger partial charge on any atom is 0.339 e. The minimum atomic E-state index is -0.206. The Bertz CT molecular complexity index is 271. The van der Waals surface area contributed by atoms with Crippen molar-refractivity contribution in [2.24, 2.45) is 0 Å². The molecule has 0 aromatic rings. The summed E-state index contributed by atoms with van der Waals surface area (Å²) in [4.78, 5) is 11.3. The van der Waals surface area contributed by atoms with Gasteiger partial charge in [-0.25, -0.2) is 4.79 Å². The highest BCUT2D eigenvalue weighted by Gasteiger charge is 2.37. The van der Waals surface area contributed by atoms with Crippen LogP contribution in [0.3, 0.4) is 0 Å². The Morgan fingerprint density at radius 2 is 1.94 bits per heavy atom. The highest BCUT2D eigenvalue weighted by molar-refractivity contribution is 6.32. The van der Waals surface area contributed by atoms with Crippen LogP contribution in [0.5, 0.6) is 0 Å². The smallest absolute Gasteiger partial charge is 0.339 e. The fourth-order valence-corrected chi connectivity index (χ4v) is 2.19. The summed E-state index contributed by atoms with van der Waals surface area (Å²) in [6.07, 6.45) is 7.33. The predicted octanol–water partition coefficient (Wildman–Crippen LogP) is 4.18. The zero-order valence-corrected chi connectivity index (χ0v) is 11.0. The van der Waals surface area contributed by atoms with Gasteiger partial charge in [-0.15, -0.1) is 0 Å². The van der Waals surface area contributed by atoms with Crippen molar-refractivity contribution in [2.75, 3.05) is 0 Å². The van der Waals surface area contributed by atoms with Crippen LogP contribution in [-0.4, -0.2) is 12.1 Å². The van der Waals surface area contributed by atoms with Crippen LogP contribution < -0.4 is 0 Å². The van der Waals surface area contributed by atoms with Crippen molar-refractivity contribution in [2.45, 2.75) is 64.9 Å². The quantitative estimate of drug-likeness (QED) is 0.382. The molecule has 16 heavy (non-hydrogen) atoms. The number of cyclic esters (lactones) is 1. The summed E-state index contributed by atoms with van der Waals surface area (Å²) in [5.74, 6) is -0.206. The van der Waals surface area contributed by atoms with Crippen molar-refractivity contribution >= 4 is 17.6 Å². The maximum atomic E-state index is 11.3. The molecular formula is C13H21ClO2. The molecule has 2 nitrogen and oxygen atoms in total. The molecule has 0 aromatic heterocycles. The molecule has 1 rings (SSSR count). The lowest BCUT2D eigenvalue weighted by Crippen LogP contribution is -2.37. The van der Waals surface area contributed by atoms with Crippen molar-refractivity contribution in [3.05, 3.63) is 10.6 Å². The number of unbranched alkanes of at least 4 members (excludes halogenated alkanes) is 3. The largest absolute Gasteiger partial charge is 0.454 e. The number of allylic oxidation sites excluding steroid dienone is 1. The molecule has 0 spiro atoms. The Balaban J connectivity index is 2.45. The van der Waals surface area contributed by atoms with Gasteiger partial charge in [0, 0.05) is 5.03 Å². The number of halogens is 1. The molecule has 1 heterocycles. The van der Waals surface area contributed by atoms with E-state index in [9.17, 15) is 4.79 Å². The summed E-state index contributed by atoms with van der Waals surface area (Å²) in [5.41, 5.74) is 0.742. The summed E-state index contributed by atoms with van der Waals surface area (Å²) < 4.78 is 5.12. The van der Waals surface area contributed by atoms with Crippen molar-refractivity contribution in [1.29, 1.82) is 0 Å². The van der Waals surface area contributed by atoms with Gasteiger partial charge in [0.1, 0.15) is 6.10 Å². The van der Waals surface area contributed by atoms with Gasteiger partial charge in [0.2, 0.25) is 0 Å². The van der Waals surface area contributed by atoms with Gasteiger partial charge < -0.3 is 4.74 Å². The molecule has 0 aliphatic carbocycles. The number of rotatable bonds is 7. The lowest BCUT2D eigenvalue weighted by Gasteiger charge is -2.30. The maximum absolute atomic E-state index is 11.3. The molecule has 0 amide bonds. The van der Waals surface area contributed by atoms with E-state index in [1.54, 1.807) is 0 Å². The Morgan fingerprint density at radius 1 is 1.25 bits per heavy atom. The van der Waals surface area contributed by atoms with Gasteiger partial charge >= 0.3 is 5.97 Å². The van der Waals surface area contributed by atoms with Crippen LogP contribution in [0.25, 0.3) is 0 Å². The third kappa shape index (κ3) is 3.51. The Kier molecular flexibility index (Phi) is 5.89. The van der Waals surface area contributed by atoms with Gasteiger partial charge in [0.05, 0.1) is 5.57 Å². The van der Waals surface area contributed by atoms with Gasteiger partial charge in [-0.2, -0.15) is 0 Å². The van der Waals surface area contributed by atoms with E-state index in [2.05, 4.69) is 13.8 Å². The fraction of sp³-hybridized carbons (Fsp3) is 0.769. The summed E-state index contributed by atoms with van der Waals surface area (Å²) in [7, 11) is 0. The average Bonchev–Trinajstić information content (AvgIpc) is 2.25. The first kappa shape index (κ1) is 13.6. The predicted molar refractivity (Wildman–Crippen MR) is 66.4 cm³/mol. The Morgan fingerprint density at radius 3 is 2.50 bits per heavy atom. The molecule has 1 fully saturated rings. The number of carbonyl (C=O) groups is 1. The highest BCUT2D eigenvalue weighted by atomic mass is 35.5. The van der Waals surface area contributed by atoms with E-state index < -0.39 is 0 Å². The van der Waals surface area contributed by atoms with Crippen molar-refractivity contribution in [1.82, 2.24) is 0 Å². The minimum Gasteiger partial charge on any atom is -0.454 e. The average molecular weight is 245 g/mol. The molecule has 0 radical (unpaired) electrons. The van der Waals surface area contributed by atoms with Gasteiger partial charge in [-0.3, -0.25) is 0 Å². The van der Waals surface area contributed by atoms with Crippen LogP contribution >= 0.6 is 11.6 Å². The van der Waals surface area contributed by atoms with Crippen molar-refractivity contribution in [3.8, 4) is 0 Å². The zero-order valence-electron chi connectivity index (χ0n) is 10.2. The number of hydrogen-bond acceptors (Lipinski definition) is 2. The summed E-state index contributed by atoms with van der Waals surface area (Å²) in [5, 5.41) is 0.722. The van der Waals surface area contributed by atoms with Crippen LogP contribution in [0.1, 0.15) is 58.8 Å². The van der Waals surface area contributed by atoms with Gasteiger partial charge in [0.15, 0.2) is 0 Å². The summed E-state index contributed by atoms with van der Waals surface area (Å²) >= 11 is 6.14. The Hall–Kier alpha value is -0.500. The second kappa shape index (κ2) is 6.95. The molecule has 1 atom stereocenters. The monoisotopic (exact) mass is 244 g/mol. The molecule has 0 aromatic carbocycles. The Labute approximate surface area is 103 Å². The molecule has 1 aliphatic rings. The van der Waals surface area contributed by atoms with E-state index in [-0.39, 0.29) is 12.1 Å². The highest BCUT2D eigenvalue weighted by Crippen LogP contribution is 2.32. The third-order valence-electron chi connectivity index (χ3n) is 2.90. The normalized spacial score (nSPS) is 22.7. The second-order valence-electron chi connectivity index (χ2n) is 4.31. The summed E-state index contributed by atoms with van der Waals surface area (Å²) in [6, 6.07) is 0. The van der Waals surface area contributed by atoms with Crippen LogP contribution in [-0.2, 0) is 9.53 Å². The number of carbonyl (C=O) groups excluding carboxylic acids is 1. The van der Waals surface area contributed by atoms with E-state index in [4.69, 9.17) is 16.3 Å². The van der Waals surface area contributed by atoms with Gasteiger partial charge in [-0.05, 0) is 25.7 Å². The van der Waals surface area contributed by atoms with E-state index in [0.29, 0.717) is 0 Å². The lowest BCUT2D eigenvalue weighted by molar-refractivity contribution is -0.156. The molecule has 0 bridgehead atoms. The first-order chi connectivity index (χ1) is 7.70. The molecule has 0 N–H and O–H groups in total. The van der Waals surface area contributed by atoms with E-state index >= 15 is 0 Å². The van der Waals surface area contributed by atoms with E-state index in [1.165, 1.54) is 12.8 Å². The molecule has 0 saturated carbocycles. The lowest BCUT2D eigenvalue weighted by atomic mass is 9.97. The number of hydrogen-bond donors (Lipinski definition) is 0. The SMILES string of the molecule is CCCCCC1OC(=O)/C1=C(/Cl)CCCC. The second-order valence-corrected chi connectivity index (χ2v) is 4.77. The summed E-state index contributed by atoms with van der Waals surface area (Å²) in [6.45, 7) is 4.28. The van der Waals surface area contributed by atoms with Crippen LogP contribution in [0, 0.1) is 0 Å². The molecule has 1 aliphatic heterocycles. The standard InChI is InChI=1S/C13H21ClO2/c1-3-5-7-9-11-12(13(15)16-11)10(14)8-6-4-2/h11H,3-9H2,1-2H3/b12-10+. The van der Waals surface area contributed by atoms with Gasteiger partial charge in [0.25, 0.3) is 0 Å². The van der Waals surface area contributed by atoms with E-state index in [0.717, 1.165) is 42.7 Å². The number of esters is 1. The van der Waals surface area contributed by atoms with Gasteiger partial charge in [-0.1, -0.05) is 44.7 Å². The molecular weight excluding hydrogens is 224 g/mol. The molecule has 1 unspecified atom stereocenters. The molecule has 92 valence electrons. The fourth-order valence-electron chi connectivity index (χ4n) is 1.86. The topological polar surface area (TPSA) is 26.3 Å². The van der Waals surface area contributed by atoms with Crippen molar-refractivity contribution < 1.29 is 9.53 Å². The van der Waals surface area contributed by atoms with Crippen LogP contribution in [0.2, 0.25) is 0 Å². The van der Waals surface area contributed by atoms with Crippen LogP contribution in [0.4, 0.5) is 0 Å². The molecule has 3 heteroatoms. The zero-order chi connectivity index (χ0) is 12.0. The van der Waals surface area contributed by atoms with E-state index in [1.807, 2.05) is 0 Å². The first-order valence-electron chi connectivity index (χ1n) is 6.30. The third-order valence-corrected chi connectivity index (χ3v) is 3.30. The first-order valence-corrected chi connectivity index (χ1v) is 6.68. The van der Waals surface area contributed by atoms with Crippen molar-refractivity contribution in [3.63, 3.8) is 0 Å². The molecule has 1 saturated heterocycles. The van der Waals surface area contributed by atoms with Crippen LogP contribution in [0.15, 0.2) is 10.6 Å². The minimum absolute atomic E-state index is 0.0246.